The van der Waals surface area contributed by atoms with Crippen LogP contribution >= 0.6 is 0 Å². The molecule has 0 saturated heterocycles. The Hall–Kier alpha value is -1.79. The van der Waals surface area contributed by atoms with Crippen molar-refractivity contribution in [1.29, 1.82) is 0 Å². The zero-order chi connectivity index (χ0) is 13.8. The van der Waals surface area contributed by atoms with Gasteiger partial charge in [0, 0.05) is 10.6 Å². The van der Waals surface area contributed by atoms with Crippen LogP contribution in [0.15, 0.2) is 23.3 Å². The van der Waals surface area contributed by atoms with Crippen molar-refractivity contribution in [2.45, 2.75) is 31.7 Å². The molecular formula is C10H11F3N4O. The van der Waals surface area contributed by atoms with Crippen LogP contribution in [0.25, 0.3) is 10.4 Å². The summed E-state index contributed by atoms with van der Waals surface area (Å²) in [5.41, 5.74) is 4.82. The van der Waals surface area contributed by atoms with Gasteiger partial charge in [0.05, 0.1) is 12.2 Å². The lowest BCUT2D eigenvalue weighted by Crippen LogP contribution is -2.42. The summed E-state index contributed by atoms with van der Waals surface area (Å²) in [4.78, 5) is 6.18. The Bertz CT molecular complexity index is 470. The minimum absolute atomic E-state index is 0.165. The Morgan fingerprint density at radius 3 is 2.61 bits per heavy atom. The van der Waals surface area contributed by atoms with Gasteiger partial charge in [-0.1, -0.05) is 18.1 Å². The highest BCUT2D eigenvalue weighted by atomic mass is 19.4. The second-order valence-corrected chi connectivity index (χ2v) is 3.61. The van der Waals surface area contributed by atoms with Crippen LogP contribution in [0.1, 0.15) is 24.7 Å². The summed E-state index contributed by atoms with van der Waals surface area (Å²) in [5, 5.41) is 12.9. The lowest BCUT2D eigenvalue weighted by molar-refractivity contribution is -0.269. The zero-order valence-corrected chi connectivity index (χ0v) is 9.52. The first-order valence-corrected chi connectivity index (χ1v) is 5.11. The van der Waals surface area contributed by atoms with E-state index in [1.165, 1.54) is 19.1 Å². The van der Waals surface area contributed by atoms with E-state index in [1.54, 1.807) is 0 Å². The maximum Gasteiger partial charge on any atom is 0.422 e. The van der Waals surface area contributed by atoms with Crippen LogP contribution in [0.4, 0.5) is 13.2 Å². The third-order valence-electron chi connectivity index (χ3n) is 2.51. The number of pyridine rings is 1. The van der Waals surface area contributed by atoms with Gasteiger partial charge < -0.3 is 5.11 Å². The van der Waals surface area contributed by atoms with Crippen molar-refractivity contribution < 1.29 is 18.3 Å². The summed E-state index contributed by atoms with van der Waals surface area (Å²) in [6.45, 7) is 1.05. The number of rotatable bonds is 4. The average molecular weight is 260 g/mol. The highest BCUT2D eigenvalue weighted by Gasteiger charge is 2.54. The van der Waals surface area contributed by atoms with Crippen LogP contribution in [0.5, 0.6) is 0 Å². The van der Waals surface area contributed by atoms with Crippen LogP contribution in [0, 0.1) is 0 Å². The van der Waals surface area contributed by atoms with Gasteiger partial charge in [-0.15, -0.1) is 0 Å². The van der Waals surface area contributed by atoms with E-state index in [-0.39, 0.29) is 12.2 Å². The number of aliphatic hydroxyl groups is 1. The van der Waals surface area contributed by atoms with Crippen LogP contribution in [-0.2, 0) is 12.1 Å². The summed E-state index contributed by atoms with van der Waals surface area (Å²) in [7, 11) is 0. The Labute approximate surface area is 101 Å². The summed E-state index contributed by atoms with van der Waals surface area (Å²) in [5.74, 6) is 0. The molecular weight excluding hydrogens is 249 g/mol. The fourth-order valence-corrected chi connectivity index (χ4v) is 1.43. The van der Waals surface area contributed by atoms with E-state index in [0.29, 0.717) is 0 Å². The highest BCUT2D eigenvalue weighted by molar-refractivity contribution is 5.19. The van der Waals surface area contributed by atoms with Gasteiger partial charge >= 0.3 is 6.18 Å². The molecule has 0 spiro atoms. The minimum Gasteiger partial charge on any atom is -0.375 e. The molecule has 1 aromatic rings. The molecule has 0 saturated carbocycles. The topological polar surface area (TPSA) is 81.9 Å². The van der Waals surface area contributed by atoms with Gasteiger partial charge in [-0.05, 0) is 24.1 Å². The summed E-state index contributed by atoms with van der Waals surface area (Å²) in [6, 6.07) is 3.85. The maximum absolute atomic E-state index is 12.8. The largest absolute Gasteiger partial charge is 0.422 e. The molecule has 0 aliphatic heterocycles. The number of alkyl halides is 3. The summed E-state index contributed by atoms with van der Waals surface area (Å²) in [6.07, 6.45) is -5.36. The fourth-order valence-electron chi connectivity index (χ4n) is 1.43. The van der Waals surface area contributed by atoms with E-state index >= 15 is 0 Å². The number of halogens is 3. The van der Waals surface area contributed by atoms with E-state index < -0.39 is 23.9 Å². The molecule has 98 valence electrons. The second-order valence-electron chi connectivity index (χ2n) is 3.61. The Balaban J connectivity index is 3.19. The number of hydrogen-bond donors (Lipinski definition) is 1. The van der Waals surface area contributed by atoms with Crippen molar-refractivity contribution in [3.63, 3.8) is 0 Å². The number of nitrogens with zero attached hydrogens (tertiary/aromatic N) is 4. The van der Waals surface area contributed by atoms with Crippen molar-refractivity contribution in [3.05, 3.63) is 40.0 Å². The van der Waals surface area contributed by atoms with Gasteiger partial charge in [-0.3, -0.25) is 4.98 Å². The molecule has 5 nitrogen and oxygen atoms in total. The van der Waals surface area contributed by atoms with Crippen molar-refractivity contribution in [1.82, 2.24) is 4.98 Å². The molecule has 0 aliphatic rings. The molecule has 1 heterocycles. The zero-order valence-electron chi connectivity index (χ0n) is 9.52. The van der Waals surface area contributed by atoms with E-state index in [2.05, 4.69) is 15.0 Å². The van der Waals surface area contributed by atoms with Gasteiger partial charge in [-0.2, -0.15) is 13.2 Å². The van der Waals surface area contributed by atoms with Gasteiger partial charge in [-0.25, -0.2) is 0 Å². The van der Waals surface area contributed by atoms with Crippen molar-refractivity contribution in [2.24, 2.45) is 5.11 Å². The van der Waals surface area contributed by atoms with E-state index in [9.17, 15) is 18.3 Å². The molecule has 1 atom stereocenters. The Morgan fingerprint density at radius 2 is 2.11 bits per heavy atom. The van der Waals surface area contributed by atoms with Crippen molar-refractivity contribution in [3.8, 4) is 0 Å². The highest BCUT2D eigenvalue weighted by Crippen LogP contribution is 2.40. The van der Waals surface area contributed by atoms with Crippen LogP contribution < -0.4 is 0 Å². The SMILES string of the molecule is CCC(O)(c1cccc(CN=[N+]=[N-])n1)C(F)(F)F. The second kappa shape index (κ2) is 5.24. The predicted molar refractivity (Wildman–Crippen MR) is 57.3 cm³/mol. The first-order valence-electron chi connectivity index (χ1n) is 5.11. The smallest absolute Gasteiger partial charge is 0.375 e. The Morgan fingerprint density at radius 1 is 1.44 bits per heavy atom. The molecule has 0 amide bonds. The van der Waals surface area contributed by atoms with Crippen molar-refractivity contribution in [2.75, 3.05) is 0 Å². The molecule has 1 rings (SSSR count). The van der Waals surface area contributed by atoms with Gasteiger partial charge in [0.25, 0.3) is 0 Å². The summed E-state index contributed by atoms with van der Waals surface area (Å²) < 4.78 is 38.4. The molecule has 0 fully saturated rings. The van der Waals surface area contributed by atoms with Gasteiger partial charge in [0.2, 0.25) is 5.60 Å². The molecule has 1 N–H and O–H groups in total. The molecule has 0 bridgehead atoms. The number of azide groups is 1. The fraction of sp³-hybridized carbons (Fsp3) is 0.500. The lowest BCUT2D eigenvalue weighted by Gasteiger charge is -2.28. The molecule has 0 aliphatic carbocycles. The quantitative estimate of drug-likeness (QED) is 0.512. The normalized spacial score (nSPS) is 14.7. The monoisotopic (exact) mass is 260 g/mol. The standard InChI is InChI=1S/C10H11F3N4O/c1-2-9(18,10(11,12)13)8-5-3-4-7(16-8)6-15-17-14/h3-5,18H,2,6H2,1H3. The van der Waals surface area contributed by atoms with Crippen LogP contribution in [0.2, 0.25) is 0 Å². The van der Waals surface area contributed by atoms with E-state index in [0.717, 1.165) is 6.07 Å². The molecule has 8 heteroatoms. The molecule has 1 unspecified atom stereocenters. The third kappa shape index (κ3) is 2.72. The van der Waals surface area contributed by atoms with Crippen LogP contribution in [0.3, 0.4) is 0 Å². The van der Waals surface area contributed by atoms with E-state index in [1.807, 2.05) is 0 Å². The molecule has 0 radical (unpaired) electrons. The first-order chi connectivity index (χ1) is 8.35. The van der Waals surface area contributed by atoms with Crippen molar-refractivity contribution >= 4 is 0 Å². The van der Waals surface area contributed by atoms with E-state index in [4.69, 9.17) is 5.53 Å². The number of hydrogen-bond acceptors (Lipinski definition) is 3. The third-order valence-corrected chi connectivity index (χ3v) is 2.51. The lowest BCUT2D eigenvalue weighted by atomic mass is 9.95. The minimum atomic E-state index is -4.81. The van der Waals surface area contributed by atoms with Gasteiger partial charge in [0.15, 0.2) is 0 Å². The molecule has 1 aromatic heterocycles. The Kier molecular flexibility index (Phi) is 4.15. The predicted octanol–water partition coefficient (Wildman–Crippen LogP) is 3.05. The maximum atomic E-state index is 12.8. The van der Waals surface area contributed by atoms with Crippen LogP contribution in [-0.4, -0.2) is 16.3 Å². The molecule has 18 heavy (non-hydrogen) atoms. The number of aromatic nitrogens is 1. The first kappa shape index (κ1) is 14.3. The molecule has 0 aromatic carbocycles. The summed E-state index contributed by atoms with van der Waals surface area (Å²) >= 11 is 0. The van der Waals surface area contributed by atoms with Gasteiger partial charge in [0.1, 0.15) is 0 Å². The average Bonchev–Trinajstić information content (AvgIpc) is 2.34.